The third kappa shape index (κ3) is 3.93. The van der Waals surface area contributed by atoms with Crippen LogP contribution in [0.2, 0.25) is 0 Å². The summed E-state index contributed by atoms with van der Waals surface area (Å²) < 4.78 is 11.7. The predicted molar refractivity (Wildman–Crippen MR) is 115 cm³/mol. The second-order valence-electron chi connectivity index (χ2n) is 8.73. The summed E-state index contributed by atoms with van der Waals surface area (Å²) in [6.45, 7) is 7.05. The summed E-state index contributed by atoms with van der Waals surface area (Å²) in [7, 11) is 0. The largest absolute Gasteiger partial charge is 0.490 e. The first kappa shape index (κ1) is 21.1. The molecule has 0 aliphatic carbocycles. The maximum Gasteiger partial charge on any atom is 0.142 e. The van der Waals surface area contributed by atoms with E-state index in [0.29, 0.717) is 6.61 Å². The quantitative estimate of drug-likeness (QED) is 0.616. The van der Waals surface area contributed by atoms with Crippen LogP contribution in [-0.4, -0.2) is 52.4 Å². The van der Waals surface area contributed by atoms with Crippen LogP contribution in [0.3, 0.4) is 0 Å². The molecule has 4 atom stereocenters. The van der Waals surface area contributed by atoms with Gasteiger partial charge in [-0.25, -0.2) is 0 Å². The Labute approximate surface area is 177 Å². The minimum atomic E-state index is -1.26. The van der Waals surface area contributed by atoms with Gasteiger partial charge in [0.05, 0.1) is 11.3 Å². The second kappa shape index (κ2) is 8.19. The fourth-order valence-electron chi connectivity index (χ4n) is 4.36. The molecule has 2 aliphatic heterocycles. The van der Waals surface area contributed by atoms with Crippen LogP contribution in [0.5, 0.6) is 5.75 Å². The normalized spacial score (nSPS) is 27.7. The molecule has 2 aliphatic rings. The lowest BCUT2D eigenvalue weighted by atomic mass is 9.84. The molecule has 2 heterocycles. The molecule has 30 heavy (non-hydrogen) atoms. The van der Waals surface area contributed by atoms with Crippen LogP contribution >= 0.6 is 0 Å². The Morgan fingerprint density at radius 2 is 1.83 bits per heavy atom. The predicted octanol–water partition coefficient (Wildman–Crippen LogP) is 2.58. The molecule has 0 amide bonds. The summed E-state index contributed by atoms with van der Waals surface area (Å²) in [6.07, 6.45) is -2.69. The molecule has 2 aromatic rings. The molecule has 6 nitrogen and oxygen atoms in total. The van der Waals surface area contributed by atoms with Gasteiger partial charge in [0.2, 0.25) is 0 Å². The monoisotopic (exact) mass is 413 g/mol. The lowest BCUT2D eigenvalue weighted by Crippen LogP contribution is -2.58. The summed E-state index contributed by atoms with van der Waals surface area (Å²) in [5.74, 6) is 0.878. The number of fused-ring (bicyclic) bond motifs is 1. The fourth-order valence-corrected chi connectivity index (χ4v) is 4.36. The molecule has 162 valence electrons. The first-order valence-electron chi connectivity index (χ1n) is 10.6. The van der Waals surface area contributed by atoms with Gasteiger partial charge >= 0.3 is 0 Å². The van der Waals surface area contributed by atoms with Gasteiger partial charge in [0, 0.05) is 6.54 Å². The van der Waals surface area contributed by atoms with Crippen LogP contribution < -0.4 is 10.1 Å². The second-order valence-corrected chi connectivity index (χ2v) is 8.73. The first-order chi connectivity index (χ1) is 14.3. The Morgan fingerprint density at radius 3 is 2.60 bits per heavy atom. The van der Waals surface area contributed by atoms with Crippen molar-refractivity contribution in [1.29, 1.82) is 0 Å². The molecule has 1 saturated heterocycles. The van der Waals surface area contributed by atoms with Crippen molar-refractivity contribution in [2.45, 2.75) is 63.6 Å². The van der Waals surface area contributed by atoms with Gasteiger partial charge in [-0.2, -0.15) is 0 Å². The van der Waals surface area contributed by atoms with E-state index in [2.05, 4.69) is 36.5 Å². The number of benzene rings is 2. The van der Waals surface area contributed by atoms with E-state index in [-0.39, 0.29) is 0 Å². The molecule has 1 fully saturated rings. The van der Waals surface area contributed by atoms with E-state index in [0.717, 1.165) is 42.0 Å². The molecule has 4 rings (SSSR count). The van der Waals surface area contributed by atoms with E-state index in [1.807, 2.05) is 12.1 Å². The molecule has 0 bridgehead atoms. The summed E-state index contributed by atoms with van der Waals surface area (Å²) in [6, 6.07) is 12.3. The van der Waals surface area contributed by atoms with Gasteiger partial charge in [-0.05, 0) is 61.1 Å². The molecular formula is C24H31NO5. The van der Waals surface area contributed by atoms with Crippen LogP contribution in [0.4, 0.5) is 5.69 Å². The van der Waals surface area contributed by atoms with Crippen molar-refractivity contribution in [2.24, 2.45) is 0 Å². The van der Waals surface area contributed by atoms with E-state index in [1.165, 1.54) is 11.1 Å². The van der Waals surface area contributed by atoms with Crippen LogP contribution in [-0.2, 0) is 17.6 Å². The van der Waals surface area contributed by atoms with Gasteiger partial charge in [0.1, 0.15) is 36.8 Å². The number of aryl methyl sites for hydroxylation is 1. The Kier molecular flexibility index (Phi) is 5.77. The Bertz CT molecular complexity index is 912. The average molecular weight is 414 g/mol. The lowest BCUT2D eigenvalue weighted by Gasteiger charge is -2.45. The van der Waals surface area contributed by atoms with Crippen molar-refractivity contribution >= 4 is 5.69 Å². The number of hydrogen-bond donors (Lipinski definition) is 4. The summed E-state index contributed by atoms with van der Waals surface area (Å²) in [5.41, 5.74) is 4.40. The number of hydrogen-bond acceptors (Lipinski definition) is 6. The molecule has 0 unspecified atom stereocenters. The van der Waals surface area contributed by atoms with Crippen molar-refractivity contribution in [3.63, 3.8) is 0 Å². The summed E-state index contributed by atoms with van der Waals surface area (Å²) in [5, 5.41) is 34.5. The first-order valence-corrected chi connectivity index (χ1v) is 10.6. The Balaban J connectivity index is 1.64. The van der Waals surface area contributed by atoms with Gasteiger partial charge in [0.25, 0.3) is 0 Å². The van der Waals surface area contributed by atoms with Gasteiger partial charge in [0.15, 0.2) is 0 Å². The van der Waals surface area contributed by atoms with Gasteiger partial charge in [-0.1, -0.05) is 31.2 Å². The highest BCUT2D eigenvalue weighted by atomic mass is 16.5. The minimum Gasteiger partial charge on any atom is -0.490 e. The number of aliphatic hydroxyl groups is 3. The maximum atomic E-state index is 10.6. The highest BCUT2D eigenvalue weighted by molar-refractivity contribution is 5.59. The molecule has 0 aromatic heterocycles. The van der Waals surface area contributed by atoms with Crippen LogP contribution in [0.25, 0.3) is 0 Å². The Hall–Kier alpha value is -2.12. The lowest BCUT2D eigenvalue weighted by molar-refractivity contribution is -0.259. The Morgan fingerprint density at radius 1 is 1.03 bits per heavy atom. The van der Waals surface area contributed by atoms with E-state index < -0.39 is 30.0 Å². The van der Waals surface area contributed by atoms with Crippen molar-refractivity contribution in [3.8, 4) is 5.75 Å². The van der Waals surface area contributed by atoms with E-state index in [9.17, 15) is 15.3 Å². The zero-order chi connectivity index (χ0) is 21.5. The van der Waals surface area contributed by atoms with Crippen molar-refractivity contribution in [3.05, 3.63) is 58.7 Å². The molecular weight excluding hydrogens is 382 g/mol. The highest BCUT2D eigenvalue weighted by Gasteiger charge is 2.48. The van der Waals surface area contributed by atoms with Crippen molar-refractivity contribution in [2.75, 3.05) is 18.5 Å². The number of anilines is 1. The zero-order valence-electron chi connectivity index (χ0n) is 17.8. The number of ether oxygens (including phenoxy) is 2. The molecule has 4 N–H and O–H groups in total. The van der Waals surface area contributed by atoms with Crippen molar-refractivity contribution in [1.82, 2.24) is 0 Å². The third-order valence-electron chi connectivity index (χ3n) is 6.18. The number of aliphatic hydroxyl groups excluding tert-OH is 3. The minimum absolute atomic E-state index is 0.676. The molecule has 0 saturated carbocycles. The van der Waals surface area contributed by atoms with Crippen LogP contribution in [0.1, 0.15) is 49.1 Å². The van der Waals surface area contributed by atoms with Crippen LogP contribution in [0.15, 0.2) is 36.4 Å². The molecule has 0 radical (unpaired) electrons. The van der Waals surface area contributed by atoms with E-state index >= 15 is 0 Å². The maximum absolute atomic E-state index is 10.6. The third-order valence-corrected chi connectivity index (χ3v) is 6.18. The smallest absolute Gasteiger partial charge is 0.142 e. The van der Waals surface area contributed by atoms with E-state index in [4.69, 9.17) is 9.47 Å². The van der Waals surface area contributed by atoms with E-state index in [1.54, 1.807) is 13.8 Å². The number of rotatable bonds is 4. The topological polar surface area (TPSA) is 91.2 Å². The molecule has 6 heteroatoms. The summed E-state index contributed by atoms with van der Waals surface area (Å²) >= 11 is 0. The van der Waals surface area contributed by atoms with Gasteiger partial charge < -0.3 is 30.1 Å². The number of nitrogens with one attached hydrogen (secondary N) is 1. The SMILES string of the molecule is CCc1ccc([C@@H]2OC(C)(C)[C@@H](O)[C@H](O)[C@H]2O)cc1Cc1ccc2c(c1)NCCO2. The fraction of sp³-hybridized carbons (Fsp3) is 0.500. The van der Waals surface area contributed by atoms with Crippen LogP contribution in [0, 0.1) is 0 Å². The molecule has 2 aromatic carbocycles. The average Bonchev–Trinajstić information content (AvgIpc) is 2.75. The standard InChI is InChI=1S/C24H31NO5/c1-4-15-6-7-16(22-20(26)21(27)23(28)24(2,3)30-22)13-17(15)11-14-5-8-19-18(12-14)25-9-10-29-19/h5-8,12-13,20-23,25-28H,4,9-11H2,1-3H3/t20-,21-,22+,23+/m1/s1. The van der Waals surface area contributed by atoms with Crippen molar-refractivity contribution < 1.29 is 24.8 Å². The van der Waals surface area contributed by atoms with Gasteiger partial charge in [-0.3, -0.25) is 0 Å². The zero-order valence-corrected chi connectivity index (χ0v) is 17.8. The van der Waals surface area contributed by atoms with Gasteiger partial charge in [-0.15, -0.1) is 0 Å². The summed E-state index contributed by atoms with van der Waals surface area (Å²) in [4.78, 5) is 0. The molecule has 0 spiro atoms. The highest BCUT2D eigenvalue weighted by Crippen LogP contribution is 2.38.